The van der Waals surface area contributed by atoms with E-state index < -0.39 is 0 Å². The van der Waals surface area contributed by atoms with Crippen molar-refractivity contribution in [2.24, 2.45) is 5.92 Å². The van der Waals surface area contributed by atoms with Crippen LogP contribution < -0.4 is 5.32 Å². The highest BCUT2D eigenvalue weighted by atomic mass is 16.5. The summed E-state index contributed by atoms with van der Waals surface area (Å²) in [7, 11) is 0. The molecule has 1 saturated heterocycles. The molecule has 88 valence electrons. The van der Waals surface area contributed by atoms with Crippen molar-refractivity contribution >= 4 is 0 Å². The molecule has 0 saturated carbocycles. The van der Waals surface area contributed by atoms with Crippen LogP contribution in [0, 0.1) is 5.92 Å². The summed E-state index contributed by atoms with van der Waals surface area (Å²) in [6, 6.07) is 10.7. The Labute approximate surface area is 98.0 Å². The molecule has 2 rings (SSSR count). The van der Waals surface area contributed by atoms with Crippen molar-refractivity contribution in [3.05, 3.63) is 35.9 Å². The first-order valence-electron chi connectivity index (χ1n) is 6.16. The lowest BCUT2D eigenvalue weighted by atomic mass is 9.83. The topological polar surface area (TPSA) is 21.3 Å². The van der Waals surface area contributed by atoms with Crippen LogP contribution >= 0.6 is 0 Å². The third kappa shape index (κ3) is 2.63. The van der Waals surface area contributed by atoms with Crippen molar-refractivity contribution in [1.82, 2.24) is 5.32 Å². The highest BCUT2D eigenvalue weighted by Crippen LogP contribution is 2.30. The van der Waals surface area contributed by atoms with E-state index in [1.807, 2.05) is 0 Å². The second kappa shape index (κ2) is 5.46. The third-order valence-corrected chi connectivity index (χ3v) is 3.26. The molecule has 2 unspecified atom stereocenters. The summed E-state index contributed by atoms with van der Waals surface area (Å²) in [5.74, 6) is 1.10. The Hall–Kier alpha value is -0.860. The van der Waals surface area contributed by atoms with Gasteiger partial charge in [0.05, 0.1) is 12.7 Å². The van der Waals surface area contributed by atoms with E-state index in [0.29, 0.717) is 17.9 Å². The Kier molecular flexibility index (Phi) is 3.97. The first-order valence-corrected chi connectivity index (χ1v) is 6.16. The number of ether oxygens (including phenoxy) is 1. The van der Waals surface area contributed by atoms with E-state index in [4.69, 9.17) is 4.74 Å². The zero-order chi connectivity index (χ0) is 11.4. The lowest BCUT2D eigenvalue weighted by Gasteiger charge is -2.33. The maximum absolute atomic E-state index is 5.89. The number of rotatable bonds is 3. The van der Waals surface area contributed by atoms with E-state index in [0.717, 1.165) is 19.7 Å². The fraction of sp³-hybridized carbons (Fsp3) is 0.571. The predicted molar refractivity (Wildman–Crippen MR) is 66.6 cm³/mol. The van der Waals surface area contributed by atoms with Gasteiger partial charge in [-0.05, 0) is 11.5 Å². The molecule has 1 aliphatic rings. The fourth-order valence-electron chi connectivity index (χ4n) is 2.52. The summed E-state index contributed by atoms with van der Waals surface area (Å²) in [5.41, 5.74) is 1.39. The zero-order valence-corrected chi connectivity index (χ0v) is 10.1. The molecule has 1 fully saturated rings. The Bertz CT molecular complexity index is 304. The quantitative estimate of drug-likeness (QED) is 0.843. The number of benzene rings is 1. The van der Waals surface area contributed by atoms with Crippen LogP contribution in [0.2, 0.25) is 0 Å². The van der Waals surface area contributed by atoms with Gasteiger partial charge in [-0.15, -0.1) is 0 Å². The van der Waals surface area contributed by atoms with Gasteiger partial charge < -0.3 is 10.1 Å². The molecule has 16 heavy (non-hydrogen) atoms. The molecule has 0 aromatic heterocycles. The van der Waals surface area contributed by atoms with Crippen molar-refractivity contribution < 1.29 is 4.74 Å². The first-order chi connectivity index (χ1) is 7.79. The maximum atomic E-state index is 5.89. The largest absolute Gasteiger partial charge is 0.375 e. The molecule has 0 bridgehead atoms. The summed E-state index contributed by atoms with van der Waals surface area (Å²) in [4.78, 5) is 0. The Morgan fingerprint density at radius 2 is 2.00 bits per heavy atom. The van der Waals surface area contributed by atoms with Crippen molar-refractivity contribution in [1.29, 1.82) is 0 Å². The molecule has 1 aromatic rings. The van der Waals surface area contributed by atoms with Gasteiger partial charge >= 0.3 is 0 Å². The second-order valence-electron chi connectivity index (χ2n) is 4.79. The van der Waals surface area contributed by atoms with Gasteiger partial charge in [0, 0.05) is 19.0 Å². The zero-order valence-electron chi connectivity index (χ0n) is 10.1. The normalized spacial score (nSPS) is 23.3. The average Bonchev–Trinajstić information content (AvgIpc) is 2.31. The van der Waals surface area contributed by atoms with Gasteiger partial charge in [0.1, 0.15) is 0 Å². The summed E-state index contributed by atoms with van der Waals surface area (Å²) >= 11 is 0. The number of morpholine rings is 1. The van der Waals surface area contributed by atoms with E-state index in [-0.39, 0.29) is 0 Å². The van der Waals surface area contributed by atoms with Crippen molar-refractivity contribution in [3.63, 3.8) is 0 Å². The minimum Gasteiger partial charge on any atom is -0.375 e. The van der Waals surface area contributed by atoms with Crippen LogP contribution in [-0.2, 0) is 4.74 Å². The van der Waals surface area contributed by atoms with Crippen molar-refractivity contribution in [2.75, 3.05) is 19.7 Å². The maximum Gasteiger partial charge on any atom is 0.0770 e. The van der Waals surface area contributed by atoms with Gasteiger partial charge in [-0.3, -0.25) is 0 Å². The summed E-state index contributed by atoms with van der Waals surface area (Å²) in [6.45, 7) is 7.33. The van der Waals surface area contributed by atoms with Crippen LogP contribution in [0.3, 0.4) is 0 Å². The molecule has 2 nitrogen and oxygen atoms in total. The standard InChI is InChI=1S/C14H21NO/c1-11(2)14(12-6-4-3-5-7-12)13-10-15-8-9-16-13/h3-7,11,13-15H,8-10H2,1-2H3. The Morgan fingerprint density at radius 3 is 2.56 bits per heavy atom. The Balaban J connectivity index is 2.16. The first kappa shape index (κ1) is 11.6. The van der Waals surface area contributed by atoms with Gasteiger partial charge in [-0.25, -0.2) is 0 Å². The monoisotopic (exact) mass is 219 g/mol. The number of nitrogens with one attached hydrogen (secondary N) is 1. The molecule has 1 N–H and O–H groups in total. The molecule has 0 aliphatic carbocycles. The number of hydrogen-bond donors (Lipinski definition) is 1. The van der Waals surface area contributed by atoms with Gasteiger partial charge in [0.25, 0.3) is 0 Å². The van der Waals surface area contributed by atoms with E-state index in [9.17, 15) is 0 Å². The van der Waals surface area contributed by atoms with Gasteiger partial charge in [0.2, 0.25) is 0 Å². The smallest absolute Gasteiger partial charge is 0.0770 e. The molecule has 0 spiro atoms. The summed E-state index contributed by atoms with van der Waals surface area (Å²) in [5, 5.41) is 3.41. The molecule has 1 aromatic carbocycles. The minimum absolute atomic E-state index is 0.316. The second-order valence-corrected chi connectivity index (χ2v) is 4.79. The highest BCUT2D eigenvalue weighted by molar-refractivity contribution is 5.21. The van der Waals surface area contributed by atoms with Crippen LogP contribution in [0.15, 0.2) is 30.3 Å². The minimum atomic E-state index is 0.316. The lowest BCUT2D eigenvalue weighted by molar-refractivity contribution is 0.00142. The van der Waals surface area contributed by atoms with Gasteiger partial charge in [0.15, 0.2) is 0 Å². The third-order valence-electron chi connectivity index (χ3n) is 3.26. The SMILES string of the molecule is CC(C)C(c1ccccc1)C1CNCCO1. The molecule has 0 radical (unpaired) electrons. The molecular weight excluding hydrogens is 198 g/mol. The molecule has 2 heteroatoms. The molecular formula is C14H21NO. The van der Waals surface area contributed by atoms with Crippen LogP contribution in [0.4, 0.5) is 0 Å². The summed E-state index contributed by atoms with van der Waals surface area (Å²) in [6.07, 6.45) is 0.316. The van der Waals surface area contributed by atoms with Gasteiger partial charge in [-0.2, -0.15) is 0 Å². The van der Waals surface area contributed by atoms with E-state index >= 15 is 0 Å². The van der Waals surface area contributed by atoms with Crippen LogP contribution in [-0.4, -0.2) is 25.8 Å². The predicted octanol–water partition coefficient (Wildman–Crippen LogP) is 2.41. The number of hydrogen-bond acceptors (Lipinski definition) is 2. The average molecular weight is 219 g/mol. The molecule has 1 aliphatic heterocycles. The molecule has 2 atom stereocenters. The van der Waals surface area contributed by atoms with Gasteiger partial charge in [-0.1, -0.05) is 44.2 Å². The molecule has 1 heterocycles. The van der Waals surface area contributed by atoms with Crippen molar-refractivity contribution in [3.8, 4) is 0 Å². The van der Waals surface area contributed by atoms with E-state index in [1.165, 1.54) is 5.56 Å². The Morgan fingerprint density at radius 1 is 1.25 bits per heavy atom. The van der Waals surface area contributed by atoms with Crippen LogP contribution in [0.1, 0.15) is 25.3 Å². The molecule has 0 amide bonds. The highest BCUT2D eigenvalue weighted by Gasteiger charge is 2.28. The van der Waals surface area contributed by atoms with E-state index in [1.54, 1.807) is 0 Å². The fourth-order valence-corrected chi connectivity index (χ4v) is 2.52. The van der Waals surface area contributed by atoms with Crippen molar-refractivity contribution in [2.45, 2.75) is 25.9 Å². The van der Waals surface area contributed by atoms with Crippen LogP contribution in [0.25, 0.3) is 0 Å². The van der Waals surface area contributed by atoms with E-state index in [2.05, 4.69) is 49.5 Å². The van der Waals surface area contributed by atoms with Crippen LogP contribution in [0.5, 0.6) is 0 Å². The summed E-state index contributed by atoms with van der Waals surface area (Å²) < 4.78 is 5.89. The lowest BCUT2D eigenvalue weighted by Crippen LogP contribution is -2.43.